The first-order valence-electron chi connectivity index (χ1n) is 4.09. The number of hydrogen-bond donors (Lipinski definition) is 2. The fourth-order valence-corrected chi connectivity index (χ4v) is 0.885. The van der Waals surface area contributed by atoms with E-state index in [0.717, 1.165) is 6.42 Å². The van der Waals surface area contributed by atoms with Crippen LogP contribution in [0.1, 0.15) is 33.6 Å². The van der Waals surface area contributed by atoms with Gasteiger partial charge in [0.2, 0.25) is 5.91 Å². The lowest BCUT2D eigenvalue weighted by molar-refractivity contribution is -0.117. The van der Waals surface area contributed by atoms with E-state index < -0.39 is 11.5 Å². The second-order valence-corrected chi connectivity index (χ2v) is 3.76. The van der Waals surface area contributed by atoms with E-state index in [1.54, 1.807) is 13.8 Å². The molecular weight excluding hydrogens is 154 g/mol. The minimum atomic E-state index is -0.673. The lowest BCUT2D eigenvalue weighted by atomic mass is 10.00. The van der Waals surface area contributed by atoms with Crippen LogP contribution in [0.25, 0.3) is 0 Å². The quantitative estimate of drug-likeness (QED) is 0.656. The first-order chi connectivity index (χ1) is 5.31. The molecule has 0 aliphatic carbocycles. The van der Waals surface area contributed by atoms with Crippen LogP contribution >= 0.6 is 0 Å². The molecule has 0 aromatic heterocycles. The molecule has 0 fully saturated rings. The summed E-state index contributed by atoms with van der Waals surface area (Å²) in [5.41, 5.74) is -0.673. The molecule has 0 rings (SSSR count). The minimum absolute atomic E-state index is 0.0222. The summed E-state index contributed by atoms with van der Waals surface area (Å²) in [6, 6.07) is 0.0222. The molecule has 0 aliphatic heterocycles. The summed E-state index contributed by atoms with van der Waals surface area (Å²) in [5.74, 6) is -0.516. The molecular formula is C9H17NO2. The van der Waals surface area contributed by atoms with Gasteiger partial charge in [-0.15, -0.1) is 0 Å². The van der Waals surface area contributed by atoms with Gasteiger partial charge >= 0.3 is 0 Å². The van der Waals surface area contributed by atoms with Gasteiger partial charge in [-0.05, 0) is 33.6 Å². The van der Waals surface area contributed by atoms with Crippen LogP contribution in [-0.4, -0.2) is 22.7 Å². The molecule has 0 heterocycles. The Kier molecular flexibility index (Phi) is 4.24. The fraction of sp³-hybridized carbons (Fsp3) is 0.778. The van der Waals surface area contributed by atoms with Crippen molar-refractivity contribution in [3.8, 4) is 0 Å². The van der Waals surface area contributed by atoms with E-state index >= 15 is 0 Å². The molecule has 0 saturated heterocycles. The van der Waals surface area contributed by atoms with Crippen molar-refractivity contribution in [3.05, 3.63) is 6.92 Å². The molecule has 2 N–H and O–H groups in total. The Bertz CT molecular complexity index is 149. The van der Waals surface area contributed by atoms with Crippen LogP contribution in [0.3, 0.4) is 0 Å². The monoisotopic (exact) mass is 171 g/mol. The highest BCUT2D eigenvalue weighted by Gasteiger charge is 2.14. The number of hydrogen-bond acceptors (Lipinski definition) is 2. The summed E-state index contributed by atoms with van der Waals surface area (Å²) in [4.78, 5) is 10.4. The van der Waals surface area contributed by atoms with E-state index in [4.69, 9.17) is 6.92 Å². The van der Waals surface area contributed by atoms with Crippen LogP contribution < -0.4 is 5.32 Å². The summed E-state index contributed by atoms with van der Waals surface area (Å²) in [6.07, 6.45) is 1.38. The molecule has 12 heavy (non-hydrogen) atoms. The molecule has 2 radical (unpaired) electrons. The molecule has 1 atom stereocenters. The summed E-state index contributed by atoms with van der Waals surface area (Å²) >= 11 is 0. The summed E-state index contributed by atoms with van der Waals surface area (Å²) in [5, 5.41) is 11.9. The molecule has 0 spiro atoms. The maximum absolute atomic E-state index is 10.4. The smallest absolute Gasteiger partial charge is 0.224 e. The Balaban J connectivity index is 3.57. The number of carbonyl (C=O) groups excluding carboxylic acids is 1. The third-order valence-electron chi connectivity index (χ3n) is 1.58. The van der Waals surface area contributed by atoms with Gasteiger partial charge in [-0.2, -0.15) is 0 Å². The molecule has 0 aliphatic rings. The third kappa shape index (κ3) is 7.54. The van der Waals surface area contributed by atoms with Gasteiger partial charge in [-0.3, -0.25) is 4.79 Å². The average molecular weight is 171 g/mol. The highest BCUT2D eigenvalue weighted by atomic mass is 16.3. The van der Waals surface area contributed by atoms with E-state index in [-0.39, 0.29) is 6.04 Å². The van der Waals surface area contributed by atoms with Crippen molar-refractivity contribution in [2.45, 2.75) is 45.3 Å². The molecule has 1 amide bonds. The van der Waals surface area contributed by atoms with Gasteiger partial charge in [0.15, 0.2) is 0 Å². The minimum Gasteiger partial charge on any atom is -0.390 e. The maximum atomic E-state index is 10.4. The Hall–Kier alpha value is -0.570. The van der Waals surface area contributed by atoms with Crippen molar-refractivity contribution in [1.29, 1.82) is 0 Å². The van der Waals surface area contributed by atoms with Crippen molar-refractivity contribution < 1.29 is 9.90 Å². The van der Waals surface area contributed by atoms with E-state index in [2.05, 4.69) is 5.32 Å². The second kappa shape index (κ2) is 4.45. The normalized spacial score (nSPS) is 14.1. The van der Waals surface area contributed by atoms with Gasteiger partial charge in [0, 0.05) is 6.04 Å². The average Bonchev–Trinajstić information content (AvgIpc) is 1.80. The Morgan fingerprint density at radius 2 is 2.17 bits per heavy atom. The Morgan fingerprint density at radius 3 is 2.50 bits per heavy atom. The Morgan fingerprint density at radius 1 is 1.67 bits per heavy atom. The SMILES string of the molecule is [CH]C(=O)NC(C)CCC(C)(C)O. The van der Waals surface area contributed by atoms with Gasteiger partial charge in [-0.25, -0.2) is 0 Å². The van der Waals surface area contributed by atoms with Crippen molar-refractivity contribution in [1.82, 2.24) is 5.32 Å². The lowest BCUT2D eigenvalue weighted by Crippen LogP contribution is -2.32. The molecule has 3 nitrogen and oxygen atoms in total. The van der Waals surface area contributed by atoms with Crippen LogP contribution in [0.4, 0.5) is 0 Å². The highest BCUT2D eigenvalue weighted by Crippen LogP contribution is 2.11. The maximum Gasteiger partial charge on any atom is 0.224 e. The first kappa shape index (κ1) is 11.4. The van der Waals surface area contributed by atoms with Crippen LogP contribution in [0.5, 0.6) is 0 Å². The largest absolute Gasteiger partial charge is 0.390 e. The first-order valence-corrected chi connectivity index (χ1v) is 4.09. The standard InChI is InChI=1S/C9H17NO2/c1-7(10-8(2)11)5-6-9(3,4)12/h2,7,12H,5-6H2,1,3-4H3,(H,10,11). The number of carbonyl (C=O) groups is 1. The van der Waals surface area contributed by atoms with Crippen molar-refractivity contribution >= 4 is 5.91 Å². The van der Waals surface area contributed by atoms with Gasteiger partial charge in [0.05, 0.1) is 12.5 Å². The third-order valence-corrected chi connectivity index (χ3v) is 1.58. The number of amides is 1. The Labute approximate surface area is 74.2 Å². The molecule has 3 heteroatoms. The van der Waals surface area contributed by atoms with Crippen LogP contribution in [0, 0.1) is 6.92 Å². The zero-order valence-electron chi connectivity index (χ0n) is 7.92. The zero-order chi connectivity index (χ0) is 9.78. The van der Waals surface area contributed by atoms with Gasteiger partial charge in [0.1, 0.15) is 0 Å². The lowest BCUT2D eigenvalue weighted by Gasteiger charge is -2.20. The van der Waals surface area contributed by atoms with Crippen LogP contribution in [0.15, 0.2) is 0 Å². The number of aliphatic hydroxyl groups is 1. The van der Waals surface area contributed by atoms with Gasteiger partial charge in [0.25, 0.3) is 0 Å². The molecule has 0 bridgehead atoms. The van der Waals surface area contributed by atoms with Crippen molar-refractivity contribution in [3.63, 3.8) is 0 Å². The summed E-state index contributed by atoms with van der Waals surface area (Å²) in [6.45, 7) is 10.3. The van der Waals surface area contributed by atoms with Crippen molar-refractivity contribution in [2.75, 3.05) is 0 Å². The van der Waals surface area contributed by atoms with Gasteiger partial charge < -0.3 is 10.4 Å². The van der Waals surface area contributed by atoms with Gasteiger partial charge in [-0.1, -0.05) is 0 Å². The number of rotatable bonds is 4. The number of nitrogens with one attached hydrogen (secondary N) is 1. The van der Waals surface area contributed by atoms with E-state index in [1.807, 2.05) is 6.92 Å². The molecule has 0 saturated carbocycles. The molecule has 70 valence electrons. The summed E-state index contributed by atoms with van der Waals surface area (Å²) in [7, 11) is 0. The van der Waals surface area contributed by atoms with Crippen LogP contribution in [0.2, 0.25) is 0 Å². The van der Waals surface area contributed by atoms with Crippen molar-refractivity contribution in [2.24, 2.45) is 0 Å². The molecule has 0 aromatic rings. The predicted octanol–water partition coefficient (Wildman–Crippen LogP) is 0.753. The summed E-state index contributed by atoms with van der Waals surface area (Å²) < 4.78 is 0. The topological polar surface area (TPSA) is 49.3 Å². The highest BCUT2D eigenvalue weighted by molar-refractivity contribution is 5.80. The molecule has 1 unspecified atom stereocenters. The van der Waals surface area contributed by atoms with E-state index in [9.17, 15) is 9.90 Å². The predicted molar refractivity (Wildman–Crippen MR) is 47.4 cm³/mol. The van der Waals surface area contributed by atoms with E-state index in [1.165, 1.54) is 0 Å². The fourth-order valence-electron chi connectivity index (χ4n) is 0.885. The van der Waals surface area contributed by atoms with E-state index in [0.29, 0.717) is 6.42 Å². The molecule has 0 aromatic carbocycles. The second-order valence-electron chi connectivity index (χ2n) is 3.76. The van der Waals surface area contributed by atoms with Crippen LogP contribution in [-0.2, 0) is 4.79 Å². The zero-order valence-corrected chi connectivity index (χ0v) is 7.92.